The van der Waals surface area contributed by atoms with Gasteiger partial charge in [0.15, 0.2) is 0 Å². The number of ether oxygens (including phenoxy) is 3. The predicted octanol–water partition coefficient (Wildman–Crippen LogP) is 3.59. The van der Waals surface area contributed by atoms with Crippen LogP contribution in [0.3, 0.4) is 0 Å². The lowest BCUT2D eigenvalue weighted by Gasteiger charge is -2.51. The SMILES string of the molecule is CCC(C)C1OC1(C)C1(O)C(C=CC=CC=CC(=O)O)C2CC=C(C(=O)OC)CC2C2OC21C. The summed E-state index contributed by atoms with van der Waals surface area (Å²) in [5.41, 5.74) is -2.12. The molecule has 0 bridgehead atoms. The molecule has 2 aliphatic heterocycles. The van der Waals surface area contributed by atoms with Gasteiger partial charge in [0, 0.05) is 17.6 Å². The van der Waals surface area contributed by atoms with Gasteiger partial charge in [0.05, 0.1) is 19.3 Å². The monoisotopic (exact) mass is 472 g/mol. The summed E-state index contributed by atoms with van der Waals surface area (Å²) in [7, 11) is 1.39. The summed E-state index contributed by atoms with van der Waals surface area (Å²) < 4.78 is 17.5. The van der Waals surface area contributed by atoms with Gasteiger partial charge in [0.1, 0.15) is 16.8 Å². The number of hydrogen-bond acceptors (Lipinski definition) is 6. The highest BCUT2D eigenvalue weighted by Crippen LogP contribution is 2.70. The number of esters is 1. The number of epoxide rings is 2. The molecule has 4 aliphatic rings. The van der Waals surface area contributed by atoms with E-state index >= 15 is 0 Å². The van der Waals surface area contributed by atoms with Crippen molar-refractivity contribution < 1.29 is 34.0 Å². The number of fused-ring (bicyclic) bond motifs is 3. The van der Waals surface area contributed by atoms with E-state index in [0.717, 1.165) is 12.5 Å². The molecular formula is C27H36O7. The third kappa shape index (κ3) is 3.69. The lowest BCUT2D eigenvalue weighted by atomic mass is 9.52. The number of carbonyl (C=O) groups is 2. The van der Waals surface area contributed by atoms with Crippen molar-refractivity contribution in [3.05, 3.63) is 48.1 Å². The Morgan fingerprint density at radius 2 is 1.88 bits per heavy atom. The largest absolute Gasteiger partial charge is 0.478 e. The Labute approximate surface area is 201 Å². The van der Waals surface area contributed by atoms with Crippen LogP contribution in [0.25, 0.3) is 0 Å². The van der Waals surface area contributed by atoms with Crippen LogP contribution in [0.15, 0.2) is 48.1 Å². The van der Waals surface area contributed by atoms with E-state index in [2.05, 4.69) is 13.8 Å². The summed E-state index contributed by atoms with van der Waals surface area (Å²) in [5.74, 6) is -1.14. The summed E-state index contributed by atoms with van der Waals surface area (Å²) in [5, 5.41) is 21.3. The Kier molecular flexibility index (Phi) is 6.42. The molecule has 7 heteroatoms. The molecular weight excluding hydrogens is 436 g/mol. The first-order valence-corrected chi connectivity index (χ1v) is 12.1. The maximum absolute atomic E-state index is 12.5. The van der Waals surface area contributed by atoms with Gasteiger partial charge in [-0.2, -0.15) is 0 Å². The summed E-state index contributed by atoms with van der Waals surface area (Å²) >= 11 is 0. The van der Waals surface area contributed by atoms with Crippen molar-refractivity contribution in [3.8, 4) is 0 Å². The van der Waals surface area contributed by atoms with Gasteiger partial charge in [0.2, 0.25) is 0 Å². The highest BCUT2D eigenvalue weighted by atomic mass is 16.7. The molecule has 2 heterocycles. The van der Waals surface area contributed by atoms with Crippen LogP contribution in [-0.4, -0.2) is 58.3 Å². The Bertz CT molecular complexity index is 964. The van der Waals surface area contributed by atoms with Crippen LogP contribution in [0.4, 0.5) is 0 Å². The smallest absolute Gasteiger partial charge is 0.333 e. The number of aliphatic hydroxyl groups is 1. The minimum atomic E-state index is -1.25. The highest BCUT2D eigenvalue weighted by Gasteiger charge is 2.84. The van der Waals surface area contributed by atoms with Gasteiger partial charge >= 0.3 is 11.9 Å². The molecule has 186 valence electrons. The molecule has 0 aromatic heterocycles. The molecule has 0 aromatic rings. The fraction of sp³-hybridized carbons (Fsp3) is 0.630. The molecule has 0 amide bonds. The van der Waals surface area contributed by atoms with Gasteiger partial charge in [-0.3, -0.25) is 0 Å². The number of carboxylic acid groups (broad SMARTS) is 1. The Balaban J connectivity index is 1.70. The Morgan fingerprint density at radius 1 is 1.18 bits per heavy atom. The van der Waals surface area contributed by atoms with Gasteiger partial charge in [0.25, 0.3) is 0 Å². The molecule has 3 fully saturated rings. The van der Waals surface area contributed by atoms with E-state index in [1.165, 1.54) is 13.2 Å². The van der Waals surface area contributed by atoms with Crippen LogP contribution >= 0.6 is 0 Å². The lowest BCUT2D eigenvalue weighted by molar-refractivity contribution is -0.145. The van der Waals surface area contributed by atoms with Gasteiger partial charge < -0.3 is 24.4 Å². The fourth-order valence-corrected chi connectivity index (χ4v) is 6.62. The zero-order valence-electron chi connectivity index (χ0n) is 20.6. The third-order valence-electron chi connectivity index (χ3n) is 8.70. The van der Waals surface area contributed by atoms with Crippen LogP contribution in [0.1, 0.15) is 47.0 Å². The zero-order chi connectivity index (χ0) is 24.9. The van der Waals surface area contributed by atoms with Crippen LogP contribution in [0.5, 0.6) is 0 Å². The number of rotatable bonds is 8. The minimum absolute atomic E-state index is 0.0598. The fourth-order valence-electron chi connectivity index (χ4n) is 6.62. The number of methoxy groups -OCH3 is 1. The molecule has 2 N–H and O–H groups in total. The third-order valence-corrected chi connectivity index (χ3v) is 8.70. The topological polar surface area (TPSA) is 109 Å². The van der Waals surface area contributed by atoms with Crippen molar-refractivity contribution in [2.75, 3.05) is 7.11 Å². The Hall–Kier alpha value is -2.22. The van der Waals surface area contributed by atoms with Crippen molar-refractivity contribution in [2.45, 2.75) is 76.0 Å². The van der Waals surface area contributed by atoms with Crippen molar-refractivity contribution in [3.63, 3.8) is 0 Å². The maximum Gasteiger partial charge on any atom is 0.333 e. The number of hydrogen-bond donors (Lipinski definition) is 2. The molecule has 9 unspecified atom stereocenters. The van der Waals surface area contributed by atoms with Crippen LogP contribution in [0.2, 0.25) is 0 Å². The molecule has 0 spiro atoms. The molecule has 2 aliphatic carbocycles. The van der Waals surface area contributed by atoms with Crippen molar-refractivity contribution >= 4 is 11.9 Å². The first-order valence-electron chi connectivity index (χ1n) is 12.1. The second kappa shape index (κ2) is 8.77. The average Bonchev–Trinajstić information content (AvgIpc) is 3.71. The summed E-state index contributed by atoms with van der Waals surface area (Å²) in [6.45, 7) is 8.24. The predicted molar refractivity (Wildman–Crippen MR) is 126 cm³/mol. The quantitative estimate of drug-likeness (QED) is 0.240. The van der Waals surface area contributed by atoms with E-state index in [9.17, 15) is 14.7 Å². The van der Waals surface area contributed by atoms with Crippen LogP contribution < -0.4 is 0 Å². The van der Waals surface area contributed by atoms with E-state index < -0.39 is 22.8 Å². The average molecular weight is 473 g/mol. The first kappa shape index (κ1) is 24.9. The number of allylic oxidation sites excluding steroid dienone is 5. The first-order chi connectivity index (χ1) is 16.0. The number of aliphatic carboxylic acids is 1. The second-order valence-corrected chi connectivity index (χ2v) is 10.4. The normalized spacial score (nSPS) is 43.9. The molecule has 0 radical (unpaired) electrons. The summed E-state index contributed by atoms with van der Waals surface area (Å²) in [6, 6.07) is 0. The maximum atomic E-state index is 12.5. The lowest BCUT2D eigenvalue weighted by Crippen LogP contribution is -2.67. The van der Waals surface area contributed by atoms with E-state index in [0.29, 0.717) is 24.3 Å². The van der Waals surface area contributed by atoms with Gasteiger partial charge in [-0.15, -0.1) is 0 Å². The van der Waals surface area contributed by atoms with E-state index in [1.807, 2.05) is 32.1 Å². The van der Waals surface area contributed by atoms with Gasteiger partial charge in [-0.25, -0.2) is 9.59 Å². The number of carbonyl (C=O) groups excluding carboxylic acids is 1. The molecule has 2 saturated heterocycles. The molecule has 9 atom stereocenters. The summed E-state index contributed by atoms with van der Waals surface area (Å²) in [6.07, 6.45) is 13.7. The van der Waals surface area contributed by atoms with Gasteiger partial charge in [-0.1, -0.05) is 56.7 Å². The zero-order valence-corrected chi connectivity index (χ0v) is 20.6. The second-order valence-electron chi connectivity index (χ2n) is 10.4. The molecule has 34 heavy (non-hydrogen) atoms. The van der Waals surface area contributed by atoms with Crippen LogP contribution in [-0.2, 0) is 23.8 Å². The van der Waals surface area contributed by atoms with Crippen molar-refractivity contribution in [1.82, 2.24) is 0 Å². The standard InChI is InChI=1S/C27H36O7/c1-6-16(2)22-25(3,33-22)27(31)20(11-9-7-8-10-12-21(28)29)18-14-13-17(24(30)32-5)15-19(18)23-26(27,4)34-23/h7-13,16,18-20,22-23,31H,6,14-15H2,1-5H3,(H,28,29). The van der Waals surface area contributed by atoms with Crippen molar-refractivity contribution in [2.24, 2.45) is 23.7 Å². The van der Waals surface area contributed by atoms with E-state index in [1.54, 1.807) is 12.2 Å². The minimum Gasteiger partial charge on any atom is -0.478 e. The molecule has 7 nitrogen and oxygen atoms in total. The van der Waals surface area contributed by atoms with Gasteiger partial charge in [-0.05, 0) is 44.4 Å². The van der Waals surface area contributed by atoms with E-state index in [4.69, 9.17) is 19.3 Å². The van der Waals surface area contributed by atoms with Crippen molar-refractivity contribution in [1.29, 1.82) is 0 Å². The molecule has 0 aromatic carbocycles. The van der Waals surface area contributed by atoms with Crippen LogP contribution in [0, 0.1) is 23.7 Å². The Morgan fingerprint density at radius 3 is 2.53 bits per heavy atom. The number of carboxylic acids is 1. The highest BCUT2D eigenvalue weighted by molar-refractivity contribution is 5.88. The molecule has 4 rings (SSSR count). The summed E-state index contributed by atoms with van der Waals surface area (Å²) in [4.78, 5) is 22.9. The molecule has 1 saturated carbocycles. The van der Waals surface area contributed by atoms with E-state index in [-0.39, 0.29) is 35.9 Å².